The largest absolute Gasteiger partial charge is 0.480 e. The number of aryl methyl sites for hydroxylation is 2. The molecule has 1 aromatic rings. The molecule has 0 amide bonds. The summed E-state index contributed by atoms with van der Waals surface area (Å²) in [7, 11) is 0. The fourth-order valence-electron chi connectivity index (χ4n) is 1.52. The van der Waals surface area contributed by atoms with Gasteiger partial charge in [-0.2, -0.15) is 0 Å². The molecule has 1 unspecified atom stereocenters. The van der Waals surface area contributed by atoms with E-state index in [1.54, 1.807) is 0 Å². The Kier molecular flexibility index (Phi) is 3.93. The van der Waals surface area contributed by atoms with Gasteiger partial charge in [0.25, 0.3) is 0 Å². The van der Waals surface area contributed by atoms with Crippen LogP contribution in [0.25, 0.3) is 0 Å². The van der Waals surface area contributed by atoms with Gasteiger partial charge >= 0.3 is 5.97 Å². The Labute approximate surface area is 96.5 Å². The summed E-state index contributed by atoms with van der Waals surface area (Å²) >= 11 is 0. The minimum absolute atomic E-state index is 0.0547. The standard InChI is InChI=1S/C13H19NO2/c1-8(2)12(13(15)16)14-11-6-5-9(3)10(4)7-11/h5-8,12,14H,1-4H3,(H,15,16). The smallest absolute Gasteiger partial charge is 0.326 e. The summed E-state index contributed by atoms with van der Waals surface area (Å²) < 4.78 is 0. The molecule has 3 heteroatoms. The molecule has 1 rings (SSSR count). The summed E-state index contributed by atoms with van der Waals surface area (Å²) in [5.41, 5.74) is 3.24. The summed E-state index contributed by atoms with van der Waals surface area (Å²) in [6.07, 6.45) is 0. The highest BCUT2D eigenvalue weighted by atomic mass is 16.4. The molecule has 3 nitrogen and oxygen atoms in total. The number of anilines is 1. The molecule has 2 N–H and O–H groups in total. The maximum absolute atomic E-state index is 11.0. The molecule has 88 valence electrons. The lowest BCUT2D eigenvalue weighted by molar-refractivity contribution is -0.138. The van der Waals surface area contributed by atoms with E-state index in [4.69, 9.17) is 5.11 Å². The first-order valence-electron chi connectivity index (χ1n) is 5.48. The number of benzene rings is 1. The van der Waals surface area contributed by atoms with E-state index in [-0.39, 0.29) is 5.92 Å². The number of carboxylic acid groups (broad SMARTS) is 1. The van der Waals surface area contributed by atoms with Crippen LogP contribution in [0.4, 0.5) is 5.69 Å². The maximum atomic E-state index is 11.0. The molecular weight excluding hydrogens is 202 g/mol. The number of hydrogen-bond acceptors (Lipinski definition) is 2. The molecule has 0 fully saturated rings. The van der Waals surface area contributed by atoms with E-state index in [9.17, 15) is 4.79 Å². The molecule has 1 atom stereocenters. The fraction of sp³-hybridized carbons (Fsp3) is 0.462. The van der Waals surface area contributed by atoms with Crippen LogP contribution in [0, 0.1) is 19.8 Å². The van der Waals surface area contributed by atoms with Crippen molar-refractivity contribution in [3.8, 4) is 0 Å². The van der Waals surface area contributed by atoms with Gasteiger partial charge in [-0.3, -0.25) is 0 Å². The lowest BCUT2D eigenvalue weighted by atomic mass is 10.0. The van der Waals surface area contributed by atoms with Gasteiger partial charge in [-0.05, 0) is 43.0 Å². The van der Waals surface area contributed by atoms with E-state index in [0.29, 0.717) is 0 Å². The summed E-state index contributed by atoms with van der Waals surface area (Å²) in [5, 5.41) is 12.1. The first kappa shape index (κ1) is 12.6. The molecule has 16 heavy (non-hydrogen) atoms. The van der Waals surface area contributed by atoms with Gasteiger partial charge in [0.2, 0.25) is 0 Å². The van der Waals surface area contributed by atoms with Crippen molar-refractivity contribution in [3.63, 3.8) is 0 Å². The molecule has 0 aliphatic rings. The molecule has 0 aromatic heterocycles. The zero-order valence-corrected chi connectivity index (χ0v) is 10.2. The average molecular weight is 221 g/mol. The van der Waals surface area contributed by atoms with Gasteiger partial charge in [-0.15, -0.1) is 0 Å². The predicted molar refractivity (Wildman–Crippen MR) is 65.8 cm³/mol. The third-order valence-corrected chi connectivity index (χ3v) is 2.76. The summed E-state index contributed by atoms with van der Waals surface area (Å²) in [6.45, 7) is 7.85. The minimum Gasteiger partial charge on any atom is -0.480 e. The van der Waals surface area contributed by atoms with Crippen LogP contribution >= 0.6 is 0 Å². The molecule has 0 saturated carbocycles. The summed E-state index contributed by atoms with van der Waals surface area (Å²) in [6, 6.07) is 5.35. The van der Waals surface area contributed by atoms with Crippen molar-refractivity contribution >= 4 is 11.7 Å². The van der Waals surface area contributed by atoms with Crippen LogP contribution in [0.1, 0.15) is 25.0 Å². The molecule has 0 saturated heterocycles. The van der Waals surface area contributed by atoms with Crippen molar-refractivity contribution in [2.75, 3.05) is 5.32 Å². The zero-order chi connectivity index (χ0) is 12.3. The SMILES string of the molecule is Cc1ccc(NC(C(=O)O)C(C)C)cc1C. The number of carboxylic acids is 1. The highest BCUT2D eigenvalue weighted by Gasteiger charge is 2.20. The van der Waals surface area contributed by atoms with Gasteiger partial charge in [-0.25, -0.2) is 4.79 Å². The average Bonchev–Trinajstić information content (AvgIpc) is 2.18. The number of nitrogens with one attached hydrogen (secondary N) is 1. The highest BCUT2D eigenvalue weighted by molar-refractivity contribution is 5.77. The Morgan fingerprint density at radius 2 is 1.88 bits per heavy atom. The maximum Gasteiger partial charge on any atom is 0.326 e. The van der Waals surface area contributed by atoms with Crippen molar-refractivity contribution < 1.29 is 9.90 Å². The van der Waals surface area contributed by atoms with Crippen LogP contribution in [0.3, 0.4) is 0 Å². The van der Waals surface area contributed by atoms with Crippen molar-refractivity contribution in [3.05, 3.63) is 29.3 Å². The molecule has 1 aromatic carbocycles. The lowest BCUT2D eigenvalue weighted by Gasteiger charge is -2.19. The Morgan fingerprint density at radius 1 is 1.25 bits per heavy atom. The molecule has 0 radical (unpaired) electrons. The molecule has 0 bridgehead atoms. The third-order valence-electron chi connectivity index (χ3n) is 2.76. The third kappa shape index (κ3) is 2.99. The summed E-state index contributed by atoms with van der Waals surface area (Å²) in [4.78, 5) is 11.0. The topological polar surface area (TPSA) is 49.3 Å². The van der Waals surface area contributed by atoms with Crippen LogP contribution < -0.4 is 5.32 Å². The second-order valence-corrected chi connectivity index (χ2v) is 4.50. The fourth-order valence-corrected chi connectivity index (χ4v) is 1.52. The van der Waals surface area contributed by atoms with Crippen LogP contribution in [-0.2, 0) is 4.79 Å². The number of rotatable bonds is 4. The Hall–Kier alpha value is -1.51. The summed E-state index contributed by atoms with van der Waals surface area (Å²) in [5.74, 6) is -0.757. The van der Waals surface area contributed by atoms with Crippen molar-refractivity contribution in [2.24, 2.45) is 5.92 Å². The van der Waals surface area contributed by atoms with E-state index in [1.165, 1.54) is 5.56 Å². The van der Waals surface area contributed by atoms with Crippen LogP contribution in [0.15, 0.2) is 18.2 Å². The quantitative estimate of drug-likeness (QED) is 0.822. The first-order chi connectivity index (χ1) is 7.41. The van der Waals surface area contributed by atoms with Crippen LogP contribution in [0.2, 0.25) is 0 Å². The second-order valence-electron chi connectivity index (χ2n) is 4.50. The van der Waals surface area contributed by atoms with Gasteiger partial charge in [-0.1, -0.05) is 19.9 Å². The molecular formula is C13H19NO2. The molecule has 0 aliphatic carbocycles. The van der Waals surface area contributed by atoms with E-state index in [0.717, 1.165) is 11.3 Å². The van der Waals surface area contributed by atoms with Crippen molar-refractivity contribution in [1.82, 2.24) is 0 Å². The number of hydrogen-bond donors (Lipinski definition) is 2. The van der Waals surface area contributed by atoms with Gasteiger partial charge < -0.3 is 10.4 Å². The number of aliphatic carboxylic acids is 1. The highest BCUT2D eigenvalue weighted by Crippen LogP contribution is 2.17. The van der Waals surface area contributed by atoms with E-state index in [1.807, 2.05) is 45.9 Å². The second kappa shape index (κ2) is 5.01. The monoisotopic (exact) mass is 221 g/mol. The first-order valence-corrected chi connectivity index (χ1v) is 5.48. The predicted octanol–water partition coefficient (Wildman–Crippen LogP) is 2.82. The van der Waals surface area contributed by atoms with E-state index >= 15 is 0 Å². The van der Waals surface area contributed by atoms with Crippen molar-refractivity contribution in [2.45, 2.75) is 33.7 Å². The Bertz CT molecular complexity index is 386. The normalized spacial score (nSPS) is 12.6. The van der Waals surface area contributed by atoms with Gasteiger partial charge in [0, 0.05) is 5.69 Å². The molecule has 0 aliphatic heterocycles. The Morgan fingerprint density at radius 3 is 2.31 bits per heavy atom. The van der Waals surface area contributed by atoms with E-state index < -0.39 is 12.0 Å². The van der Waals surface area contributed by atoms with Gasteiger partial charge in [0.15, 0.2) is 0 Å². The zero-order valence-electron chi connectivity index (χ0n) is 10.2. The van der Waals surface area contributed by atoms with Crippen LogP contribution in [0.5, 0.6) is 0 Å². The van der Waals surface area contributed by atoms with E-state index in [2.05, 4.69) is 5.32 Å². The van der Waals surface area contributed by atoms with Gasteiger partial charge in [0.1, 0.15) is 6.04 Å². The van der Waals surface area contributed by atoms with Gasteiger partial charge in [0.05, 0.1) is 0 Å². The lowest BCUT2D eigenvalue weighted by Crippen LogP contribution is -2.34. The minimum atomic E-state index is -0.812. The van der Waals surface area contributed by atoms with Crippen molar-refractivity contribution in [1.29, 1.82) is 0 Å². The Balaban J connectivity index is 2.86. The van der Waals surface area contributed by atoms with Crippen LogP contribution in [-0.4, -0.2) is 17.1 Å². The molecule has 0 heterocycles. The number of carbonyl (C=O) groups is 1. The molecule has 0 spiro atoms.